The summed E-state index contributed by atoms with van der Waals surface area (Å²) in [5, 5.41) is 5.33. The maximum absolute atomic E-state index is 11.4. The summed E-state index contributed by atoms with van der Waals surface area (Å²) in [5.74, 6) is 0.0697. The summed E-state index contributed by atoms with van der Waals surface area (Å²) in [5.41, 5.74) is 1.53. The first-order valence-corrected chi connectivity index (χ1v) is 9.38. The molecule has 0 saturated heterocycles. The second-order valence-corrected chi connectivity index (χ2v) is 8.09. The van der Waals surface area contributed by atoms with E-state index in [1.54, 1.807) is 30.4 Å². The van der Waals surface area contributed by atoms with Gasteiger partial charge in [0.05, 0.1) is 5.75 Å². The molecule has 7 heteroatoms. The van der Waals surface area contributed by atoms with E-state index in [0.717, 1.165) is 16.7 Å². The Morgan fingerprint density at radius 1 is 1.20 bits per heavy atom. The standard InChI is InChI=1S/C13H15BrN2O2S2/c1-2-20(17,18)16-12-5-3-11(4-6-12)15-8-13-7-10(14)9-19-13/h3-7,9,15-16H,2,8H2,1H3. The van der Waals surface area contributed by atoms with Crippen molar-refractivity contribution < 1.29 is 8.42 Å². The third-order valence-electron chi connectivity index (χ3n) is 2.63. The topological polar surface area (TPSA) is 58.2 Å². The minimum absolute atomic E-state index is 0.0697. The molecule has 1 aromatic heterocycles. The average Bonchev–Trinajstić information content (AvgIpc) is 2.83. The van der Waals surface area contributed by atoms with Crippen molar-refractivity contribution in [2.75, 3.05) is 15.8 Å². The fraction of sp³-hybridized carbons (Fsp3) is 0.231. The Bertz CT molecular complexity index is 666. The van der Waals surface area contributed by atoms with E-state index in [1.165, 1.54) is 4.88 Å². The first-order valence-electron chi connectivity index (χ1n) is 6.06. The van der Waals surface area contributed by atoms with Crippen LogP contribution in [0, 0.1) is 0 Å². The Kier molecular flexibility index (Phi) is 5.06. The van der Waals surface area contributed by atoms with E-state index in [2.05, 4.69) is 32.0 Å². The van der Waals surface area contributed by atoms with Crippen molar-refractivity contribution in [2.24, 2.45) is 0 Å². The lowest BCUT2D eigenvalue weighted by Gasteiger charge is -2.08. The van der Waals surface area contributed by atoms with Gasteiger partial charge < -0.3 is 5.32 Å². The molecule has 0 spiro atoms. The number of nitrogens with one attached hydrogen (secondary N) is 2. The van der Waals surface area contributed by atoms with Gasteiger partial charge in [0.2, 0.25) is 10.0 Å². The highest BCUT2D eigenvalue weighted by Gasteiger charge is 2.06. The van der Waals surface area contributed by atoms with Gasteiger partial charge in [0.15, 0.2) is 0 Å². The number of rotatable bonds is 6. The number of sulfonamides is 1. The van der Waals surface area contributed by atoms with E-state index in [0.29, 0.717) is 5.69 Å². The zero-order chi connectivity index (χ0) is 14.6. The van der Waals surface area contributed by atoms with Gasteiger partial charge in [-0.2, -0.15) is 0 Å². The fourth-order valence-electron chi connectivity index (χ4n) is 1.54. The molecule has 0 atom stereocenters. The van der Waals surface area contributed by atoms with Crippen LogP contribution in [0.5, 0.6) is 0 Å². The highest BCUT2D eigenvalue weighted by atomic mass is 79.9. The van der Waals surface area contributed by atoms with Gasteiger partial charge >= 0.3 is 0 Å². The molecule has 0 bridgehead atoms. The van der Waals surface area contributed by atoms with Crippen LogP contribution in [-0.2, 0) is 16.6 Å². The van der Waals surface area contributed by atoms with Gasteiger partial charge in [-0.1, -0.05) is 0 Å². The maximum Gasteiger partial charge on any atom is 0.232 e. The monoisotopic (exact) mass is 374 g/mol. The molecule has 0 aliphatic rings. The molecule has 1 aromatic carbocycles. The quantitative estimate of drug-likeness (QED) is 0.806. The van der Waals surface area contributed by atoms with E-state index in [-0.39, 0.29) is 5.75 Å². The SMILES string of the molecule is CCS(=O)(=O)Nc1ccc(NCc2cc(Br)cs2)cc1. The van der Waals surface area contributed by atoms with Gasteiger partial charge in [0, 0.05) is 32.6 Å². The van der Waals surface area contributed by atoms with Crippen LogP contribution < -0.4 is 10.0 Å². The lowest BCUT2D eigenvalue weighted by Crippen LogP contribution is -2.14. The average molecular weight is 375 g/mol. The van der Waals surface area contributed by atoms with Crippen LogP contribution >= 0.6 is 27.3 Å². The van der Waals surface area contributed by atoms with Gasteiger partial charge in [-0.15, -0.1) is 11.3 Å². The Morgan fingerprint density at radius 3 is 2.40 bits per heavy atom. The molecule has 1 heterocycles. The van der Waals surface area contributed by atoms with Crippen molar-refractivity contribution >= 4 is 48.7 Å². The van der Waals surface area contributed by atoms with Crippen LogP contribution in [0.15, 0.2) is 40.2 Å². The number of hydrogen-bond donors (Lipinski definition) is 2. The number of thiophene rings is 1. The molecule has 108 valence electrons. The van der Waals surface area contributed by atoms with Crippen LogP contribution in [-0.4, -0.2) is 14.2 Å². The van der Waals surface area contributed by atoms with Crippen molar-refractivity contribution in [2.45, 2.75) is 13.5 Å². The van der Waals surface area contributed by atoms with Crippen LogP contribution in [0.3, 0.4) is 0 Å². The second kappa shape index (κ2) is 6.60. The molecule has 0 radical (unpaired) electrons. The normalized spacial score (nSPS) is 11.3. The van der Waals surface area contributed by atoms with Crippen molar-refractivity contribution in [1.29, 1.82) is 0 Å². The van der Waals surface area contributed by atoms with E-state index >= 15 is 0 Å². The third-order valence-corrected chi connectivity index (χ3v) is 5.63. The summed E-state index contributed by atoms with van der Waals surface area (Å²) in [6, 6.07) is 9.29. The molecule has 2 N–H and O–H groups in total. The molecule has 2 rings (SSSR count). The number of halogens is 1. The second-order valence-electron chi connectivity index (χ2n) is 4.17. The molecule has 20 heavy (non-hydrogen) atoms. The van der Waals surface area contributed by atoms with Crippen molar-refractivity contribution in [3.8, 4) is 0 Å². The minimum atomic E-state index is -3.21. The Labute approximate surface area is 131 Å². The summed E-state index contributed by atoms with van der Waals surface area (Å²) in [6.45, 7) is 2.35. The summed E-state index contributed by atoms with van der Waals surface area (Å²) in [4.78, 5) is 1.23. The first-order chi connectivity index (χ1) is 9.48. The highest BCUT2D eigenvalue weighted by Crippen LogP contribution is 2.21. The summed E-state index contributed by atoms with van der Waals surface area (Å²) < 4.78 is 26.5. The molecule has 0 amide bonds. The van der Waals surface area contributed by atoms with E-state index < -0.39 is 10.0 Å². The van der Waals surface area contributed by atoms with Crippen LogP contribution in [0.2, 0.25) is 0 Å². The molecule has 0 fully saturated rings. The maximum atomic E-state index is 11.4. The van der Waals surface area contributed by atoms with Crippen LogP contribution in [0.4, 0.5) is 11.4 Å². The predicted octanol–water partition coefficient (Wildman–Crippen LogP) is 3.88. The summed E-state index contributed by atoms with van der Waals surface area (Å²) in [6.07, 6.45) is 0. The van der Waals surface area contributed by atoms with Gasteiger partial charge in [-0.3, -0.25) is 4.72 Å². The molecule has 0 aliphatic carbocycles. The molecular formula is C13H15BrN2O2S2. The Balaban J connectivity index is 1.94. The lowest BCUT2D eigenvalue weighted by molar-refractivity contribution is 0.602. The Hall–Kier alpha value is -1.05. The molecular weight excluding hydrogens is 360 g/mol. The number of benzene rings is 1. The number of anilines is 2. The zero-order valence-corrected chi connectivity index (χ0v) is 14.1. The largest absolute Gasteiger partial charge is 0.380 e. The minimum Gasteiger partial charge on any atom is -0.380 e. The molecule has 4 nitrogen and oxygen atoms in total. The van der Waals surface area contributed by atoms with E-state index in [9.17, 15) is 8.42 Å². The summed E-state index contributed by atoms with van der Waals surface area (Å²) in [7, 11) is -3.21. The summed E-state index contributed by atoms with van der Waals surface area (Å²) >= 11 is 5.10. The van der Waals surface area contributed by atoms with Gasteiger partial charge in [0.1, 0.15) is 0 Å². The molecule has 0 unspecified atom stereocenters. The van der Waals surface area contributed by atoms with Gasteiger partial charge in [0.25, 0.3) is 0 Å². The highest BCUT2D eigenvalue weighted by molar-refractivity contribution is 9.10. The first kappa shape index (κ1) is 15.3. The van der Waals surface area contributed by atoms with Crippen molar-refractivity contribution in [1.82, 2.24) is 0 Å². The third kappa shape index (κ3) is 4.50. The lowest BCUT2D eigenvalue weighted by atomic mass is 10.3. The van der Waals surface area contributed by atoms with Crippen LogP contribution in [0.25, 0.3) is 0 Å². The van der Waals surface area contributed by atoms with E-state index in [4.69, 9.17) is 0 Å². The fourth-order valence-corrected chi connectivity index (χ4v) is 3.57. The van der Waals surface area contributed by atoms with Gasteiger partial charge in [-0.05, 0) is 53.2 Å². The predicted molar refractivity (Wildman–Crippen MR) is 88.9 cm³/mol. The smallest absolute Gasteiger partial charge is 0.232 e. The molecule has 0 aliphatic heterocycles. The van der Waals surface area contributed by atoms with Crippen molar-refractivity contribution in [3.63, 3.8) is 0 Å². The van der Waals surface area contributed by atoms with Crippen molar-refractivity contribution in [3.05, 3.63) is 45.1 Å². The number of hydrogen-bond acceptors (Lipinski definition) is 4. The van der Waals surface area contributed by atoms with E-state index in [1.807, 2.05) is 17.5 Å². The van der Waals surface area contributed by atoms with Gasteiger partial charge in [-0.25, -0.2) is 8.42 Å². The molecule has 0 saturated carbocycles. The Morgan fingerprint density at radius 2 is 1.85 bits per heavy atom. The van der Waals surface area contributed by atoms with Crippen LogP contribution in [0.1, 0.15) is 11.8 Å². The zero-order valence-electron chi connectivity index (χ0n) is 10.9. The molecule has 2 aromatic rings.